The summed E-state index contributed by atoms with van der Waals surface area (Å²) in [5, 5.41) is 13.8. The number of nitrogens with zero attached hydrogens (tertiary/aromatic N) is 1. The van der Waals surface area contributed by atoms with E-state index in [-0.39, 0.29) is 11.3 Å². The number of aryl methyl sites for hydroxylation is 1. The molecule has 1 amide bonds. The Balaban J connectivity index is 2.16. The molecule has 23 heavy (non-hydrogen) atoms. The number of benzene rings is 2. The highest BCUT2D eigenvalue weighted by atomic mass is 35.5. The molecule has 116 valence electrons. The number of para-hydroxylation sites is 1. The summed E-state index contributed by atoms with van der Waals surface area (Å²) in [6.07, 6.45) is 0. The maximum atomic E-state index is 12.4. The van der Waals surface area contributed by atoms with Crippen LogP contribution < -0.4 is 10.9 Å². The molecule has 0 spiro atoms. The predicted octanol–water partition coefficient (Wildman–Crippen LogP) is 3.15. The number of carbonyl (C=O) groups is 1. The lowest BCUT2D eigenvalue weighted by Gasteiger charge is -2.12. The molecule has 0 fully saturated rings. The smallest absolute Gasteiger partial charge is 0.267 e. The Hall–Kier alpha value is -2.79. The molecule has 1 aromatic heterocycles. The second-order valence-electron chi connectivity index (χ2n) is 5.07. The van der Waals surface area contributed by atoms with Gasteiger partial charge in [-0.1, -0.05) is 29.8 Å². The Morgan fingerprint density at radius 2 is 1.87 bits per heavy atom. The van der Waals surface area contributed by atoms with E-state index in [1.54, 1.807) is 42.5 Å². The minimum absolute atomic E-state index is 0.300. The third-order valence-corrected chi connectivity index (χ3v) is 3.83. The number of pyridine rings is 1. The maximum Gasteiger partial charge on any atom is 0.267 e. The number of rotatable bonds is 2. The molecule has 0 radical (unpaired) electrons. The fourth-order valence-corrected chi connectivity index (χ4v) is 2.58. The SMILES string of the molecule is Cn1c(=O)c(C(=O)Nc2ccccc2)c(O)c2ccc(Cl)cc21. The third-order valence-electron chi connectivity index (χ3n) is 3.59. The molecule has 0 bridgehead atoms. The molecule has 0 atom stereocenters. The van der Waals surface area contributed by atoms with Gasteiger partial charge in [0.1, 0.15) is 11.3 Å². The van der Waals surface area contributed by atoms with Gasteiger partial charge in [0, 0.05) is 23.1 Å². The molecule has 3 aromatic rings. The number of carbonyl (C=O) groups excluding carboxylic acids is 1. The fourth-order valence-electron chi connectivity index (χ4n) is 2.42. The molecule has 0 unspecified atom stereocenters. The molecule has 3 rings (SSSR count). The van der Waals surface area contributed by atoms with Crippen LogP contribution in [0.4, 0.5) is 5.69 Å². The number of hydrogen-bond donors (Lipinski definition) is 2. The van der Waals surface area contributed by atoms with Crippen molar-refractivity contribution in [2.24, 2.45) is 7.05 Å². The van der Waals surface area contributed by atoms with Crippen LogP contribution in [0.1, 0.15) is 10.4 Å². The van der Waals surface area contributed by atoms with Crippen LogP contribution in [-0.2, 0) is 7.05 Å². The number of anilines is 1. The van der Waals surface area contributed by atoms with Crippen LogP contribution in [-0.4, -0.2) is 15.6 Å². The van der Waals surface area contributed by atoms with E-state index in [0.717, 1.165) is 0 Å². The van der Waals surface area contributed by atoms with Gasteiger partial charge in [0.25, 0.3) is 11.5 Å². The van der Waals surface area contributed by atoms with Gasteiger partial charge in [-0.3, -0.25) is 9.59 Å². The van der Waals surface area contributed by atoms with Crippen LogP contribution in [0.15, 0.2) is 53.3 Å². The summed E-state index contributed by atoms with van der Waals surface area (Å²) in [5.74, 6) is -1.01. The second kappa shape index (κ2) is 5.78. The summed E-state index contributed by atoms with van der Waals surface area (Å²) in [6.45, 7) is 0. The Kier molecular flexibility index (Phi) is 3.80. The molecule has 0 aliphatic carbocycles. The first-order valence-corrected chi connectivity index (χ1v) is 7.24. The molecular weight excluding hydrogens is 316 g/mol. The number of hydrogen-bond acceptors (Lipinski definition) is 3. The van der Waals surface area contributed by atoms with Gasteiger partial charge in [0.2, 0.25) is 0 Å². The minimum Gasteiger partial charge on any atom is -0.506 e. The Bertz CT molecular complexity index is 965. The van der Waals surface area contributed by atoms with Crippen molar-refractivity contribution in [2.45, 2.75) is 0 Å². The van der Waals surface area contributed by atoms with Crippen molar-refractivity contribution in [3.05, 3.63) is 69.5 Å². The van der Waals surface area contributed by atoms with E-state index in [1.165, 1.54) is 11.6 Å². The first kappa shape index (κ1) is 15.1. The quantitative estimate of drug-likeness (QED) is 0.759. The zero-order valence-electron chi connectivity index (χ0n) is 12.2. The van der Waals surface area contributed by atoms with E-state index in [0.29, 0.717) is 21.6 Å². The van der Waals surface area contributed by atoms with Crippen molar-refractivity contribution in [3.63, 3.8) is 0 Å². The average molecular weight is 329 g/mol. The van der Waals surface area contributed by atoms with E-state index in [2.05, 4.69) is 5.32 Å². The number of fused-ring (bicyclic) bond motifs is 1. The first-order valence-electron chi connectivity index (χ1n) is 6.86. The second-order valence-corrected chi connectivity index (χ2v) is 5.51. The van der Waals surface area contributed by atoms with Crippen molar-refractivity contribution in [1.82, 2.24) is 4.57 Å². The summed E-state index contributed by atoms with van der Waals surface area (Å²) >= 11 is 5.93. The van der Waals surface area contributed by atoms with Crippen LogP contribution in [0.25, 0.3) is 10.9 Å². The van der Waals surface area contributed by atoms with E-state index in [9.17, 15) is 14.7 Å². The monoisotopic (exact) mass is 328 g/mol. The van der Waals surface area contributed by atoms with Gasteiger partial charge in [-0.15, -0.1) is 0 Å². The number of amides is 1. The lowest BCUT2D eigenvalue weighted by molar-refractivity contribution is 0.102. The molecule has 2 aromatic carbocycles. The van der Waals surface area contributed by atoms with Crippen LogP contribution in [0.5, 0.6) is 5.75 Å². The topological polar surface area (TPSA) is 71.3 Å². The molecule has 6 heteroatoms. The standard InChI is InChI=1S/C17H13ClN2O3/c1-20-13-9-10(18)7-8-12(13)15(21)14(17(20)23)16(22)19-11-5-3-2-4-6-11/h2-9,21H,1H3,(H,19,22). The summed E-state index contributed by atoms with van der Waals surface area (Å²) in [4.78, 5) is 24.9. The Morgan fingerprint density at radius 3 is 2.57 bits per heavy atom. The van der Waals surface area contributed by atoms with Crippen LogP contribution >= 0.6 is 11.6 Å². The summed E-state index contributed by atoms with van der Waals surface area (Å²) in [5.41, 5.74) is 0.100. The van der Waals surface area contributed by atoms with Gasteiger partial charge >= 0.3 is 0 Å². The summed E-state index contributed by atoms with van der Waals surface area (Å²) in [7, 11) is 1.53. The van der Waals surface area contributed by atoms with Crippen LogP contribution in [0.3, 0.4) is 0 Å². The van der Waals surface area contributed by atoms with Gasteiger partial charge in [-0.25, -0.2) is 0 Å². The lowest BCUT2D eigenvalue weighted by atomic mass is 10.1. The highest BCUT2D eigenvalue weighted by Gasteiger charge is 2.21. The Labute approximate surface area is 136 Å². The van der Waals surface area contributed by atoms with Crippen LogP contribution in [0, 0.1) is 0 Å². The van der Waals surface area contributed by atoms with E-state index < -0.39 is 11.5 Å². The number of nitrogens with one attached hydrogen (secondary N) is 1. The maximum absolute atomic E-state index is 12.4. The molecular formula is C17H13ClN2O3. The summed E-state index contributed by atoms with van der Waals surface area (Å²) < 4.78 is 1.29. The highest BCUT2D eigenvalue weighted by Crippen LogP contribution is 2.28. The van der Waals surface area contributed by atoms with E-state index in [4.69, 9.17) is 11.6 Å². The minimum atomic E-state index is -0.661. The number of halogens is 1. The van der Waals surface area contributed by atoms with Gasteiger partial charge in [-0.05, 0) is 30.3 Å². The normalized spacial score (nSPS) is 10.7. The van der Waals surface area contributed by atoms with Gasteiger partial charge in [0.05, 0.1) is 5.52 Å². The molecule has 5 nitrogen and oxygen atoms in total. The van der Waals surface area contributed by atoms with Crippen molar-refractivity contribution in [2.75, 3.05) is 5.32 Å². The average Bonchev–Trinajstić information content (AvgIpc) is 2.53. The van der Waals surface area contributed by atoms with Crippen LogP contribution in [0.2, 0.25) is 5.02 Å². The zero-order valence-corrected chi connectivity index (χ0v) is 13.0. The Morgan fingerprint density at radius 1 is 1.17 bits per heavy atom. The number of aromatic nitrogens is 1. The zero-order chi connectivity index (χ0) is 16.6. The third kappa shape index (κ3) is 2.66. The van der Waals surface area contributed by atoms with Gasteiger partial charge in [0.15, 0.2) is 0 Å². The number of aromatic hydroxyl groups is 1. The van der Waals surface area contributed by atoms with Crippen molar-refractivity contribution in [3.8, 4) is 5.75 Å². The molecule has 0 saturated heterocycles. The van der Waals surface area contributed by atoms with E-state index >= 15 is 0 Å². The summed E-state index contributed by atoms with van der Waals surface area (Å²) in [6, 6.07) is 13.5. The molecule has 0 aliphatic heterocycles. The molecule has 0 aliphatic rings. The van der Waals surface area contributed by atoms with Crippen molar-refractivity contribution < 1.29 is 9.90 Å². The van der Waals surface area contributed by atoms with Crippen molar-refractivity contribution >= 4 is 34.1 Å². The lowest BCUT2D eigenvalue weighted by Crippen LogP contribution is -2.28. The largest absolute Gasteiger partial charge is 0.506 e. The van der Waals surface area contributed by atoms with Gasteiger partial charge < -0.3 is 15.0 Å². The van der Waals surface area contributed by atoms with E-state index in [1.807, 2.05) is 6.07 Å². The van der Waals surface area contributed by atoms with Crippen molar-refractivity contribution in [1.29, 1.82) is 0 Å². The molecule has 2 N–H and O–H groups in total. The first-order chi connectivity index (χ1) is 11.0. The fraction of sp³-hybridized carbons (Fsp3) is 0.0588. The van der Waals surface area contributed by atoms with Gasteiger partial charge in [-0.2, -0.15) is 0 Å². The predicted molar refractivity (Wildman–Crippen MR) is 90.3 cm³/mol. The molecule has 0 saturated carbocycles. The molecule has 1 heterocycles. The highest BCUT2D eigenvalue weighted by molar-refractivity contribution is 6.31.